The van der Waals surface area contributed by atoms with Crippen LogP contribution in [0.15, 0.2) is 36.4 Å². The molecular formula is C25H23ClF6N2O2. The lowest BCUT2D eigenvalue weighted by Gasteiger charge is -2.42. The second-order valence-corrected chi connectivity index (χ2v) is 9.51. The molecule has 0 bridgehead atoms. The van der Waals surface area contributed by atoms with E-state index >= 15 is 0 Å². The molecule has 1 saturated carbocycles. The summed E-state index contributed by atoms with van der Waals surface area (Å²) < 4.78 is 81.8. The number of halogens is 7. The number of carbonyl (C=O) groups excluding carboxylic acids is 2. The minimum absolute atomic E-state index is 0.0335. The summed E-state index contributed by atoms with van der Waals surface area (Å²) in [5, 5.41) is 3.11. The highest BCUT2D eigenvalue weighted by Crippen LogP contribution is 2.46. The van der Waals surface area contributed by atoms with Crippen LogP contribution in [0.3, 0.4) is 0 Å². The fourth-order valence-electron chi connectivity index (χ4n) is 5.12. The predicted octanol–water partition coefficient (Wildman–Crippen LogP) is 6.74. The van der Waals surface area contributed by atoms with E-state index in [2.05, 4.69) is 5.32 Å². The Morgan fingerprint density at radius 1 is 1.00 bits per heavy atom. The molecule has 2 atom stereocenters. The monoisotopic (exact) mass is 532 g/mol. The minimum atomic E-state index is -5.07. The summed E-state index contributed by atoms with van der Waals surface area (Å²) in [7, 11) is 0. The lowest BCUT2D eigenvalue weighted by Crippen LogP contribution is -2.48. The number of nitrogens with zero attached hydrogens (tertiary/aromatic N) is 1. The molecule has 4 rings (SSSR count). The standard InChI is InChI=1S/C25H23ClF6N2O2/c1-2-34-21(13-9-14(24(27,28)29)11-15(10-13)25(30,31)32)20(22(35)33-17-5-3-4-6-17)18-8-7-16(26)12-19(18)23(34)36/h7-12,17,20-21H,2-6H2,1H3,(H,33,35). The molecule has 1 aliphatic heterocycles. The summed E-state index contributed by atoms with van der Waals surface area (Å²) in [6.45, 7) is 1.49. The number of nitrogens with one attached hydrogen (secondary N) is 1. The maximum absolute atomic E-state index is 13.6. The summed E-state index contributed by atoms with van der Waals surface area (Å²) in [4.78, 5) is 28.1. The molecule has 1 aliphatic carbocycles. The normalized spacial score (nSPS) is 21.0. The van der Waals surface area contributed by atoms with Crippen LogP contribution in [0.5, 0.6) is 0 Å². The van der Waals surface area contributed by atoms with Crippen molar-refractivity contribution in [1.82, 2.24) is 10.2 Å². The van der Waals surface area contributed by atoms with Crippen LogP contribution in [0, 0.1) is 0 Å². The van der Waals surface area contributed by atoms with E-state index in [1.54, 1.807) is 6.92 Å². The highest BCUT2D eigenvalue weighted by atomic mass is 35.5. The lowest BCUT2D eigenvalue weighted by atomic mass is 9.78. The number of likely N-dealkylation sites (N-methyl/N-ethyl adjacent to an activating group) is 1. The van der Waals surface area contributed by atoms with Gasteiger partial charge in [-0.1, -0.05) is 30.5 Å². The number of hydrogen-bond acceptors (Lipinski definition) is 2. The van der Waals surface area contributed by atoms with Gasteiger partial charge in [-0.3, -0.25) is 9.59 Å². The molecule has 1 heterocycles. The Labute approximate surface area is 208 Å². The van der Waals surface area contributed by atoms with E-state index in [1.165, 1.54) is 18.2 Å². The molecule has 2 amide bonds. The molecule has 1 fully saturated rings. The summed E-state index contributed by atoms with van der Waals surface area (Å²) >= 11 is 6.07. The van der Waals surface area contributed by atoms with Gasteiger partial charge in [-0.2, -0.15) is 26.3 Å². The van der Waals surface area contributed by atoms with Crippen LogP contribution in [0.1, 0.15) is 77.2 Å². The van der Waals surface area contributed by atoms with Gasteiger partial charge in [0.1, 0.15) is 0 Å². The number of amides is 2. The number of alkyl halides is 6. The van der Waals surface area contributed by atoms with E-state index in [0.29, 0.717) is 12.1 Å². The first-order valence-corrected chi connectivity index (χ1v) is 11.9. The highest BCUT2D eigenvalue weighted by Gasteiger charge is 2.46. The second-order valence-electron chi connectivity index (χ2n) is 9.07. The third-order valence-corrected chi connectivity index (χ3v) is 7.00. The van der Waals surface area contributed by atoms with Gasteiger partial charge in [0.15, 0.2) is 0 Å². The number of benzene rings is 2. The number of carbonyl (C=O) groups is 2. The maximum Gasteiger partial charge on any atom is 0.416 e. The Balaban J connectivity index is 1.93. The van der Waals surface area contributed by atoms with E-state index in [9.17, 15) is 35.9 Å². The molecule has 0 radical (unpaired) electrons. The average Bonchev–Trinajstić information content (AvgIpc) is 3.30. The quantitative estimate of drug-likeness (QED) is 0.444. The van der Waals surface area contributed by atoms with Gasteiger partial charge in [0, 0.05) is 23.2 Å². The van der Waals surface area contributed by atoms with Crippen molar-refractivity contribution in [2.24, 2.45) is 0 Å². The van der Waals surface area contributed by atoms with Crippen molar-refractivity contribution in [3.63, 3.8) is 0 Å². The Bertz CT molecular complexity index is 1140. The van der Waals surface area contributed by atoms with Gasteiger partial charge in [-0.05, 0) is 61.2 Å². The third-order valence-electron chi connectivity index (χ3n) is 6.77. The first-order valence-electron chi connectivity index (χ1n) is 11.5. The zero-order valence-electron chi connectivity index (χ0n) is 19.1. The molecule has 2 aromatic rings. The molecule has 0 spiro atoms. The molecule has 0 saturated heterocycles. The molecule has 2 unspecified atom stereocenters. The predicted molar refractivity (Wildman–Crippen MR) is 120 cm³/mol. The first-order chi connectivity index (χ1) is 16.8. The fraction of sp³-hybridized carbons (Fsp3) is 0.440. The molecule has 4 nitrogen and oxygen atoms in total. The summed E-state index contributed by atoms with van der Waals surface area (Å²) in [6.07, 6.45) is -6.91. The zero-order valence-corrected chi connectivity index (χ0v) is 19.9. The van der Waals surface area contributed by atoms with E-state index in [1.807, 2.05) is 0 Å². The molecule has 194 valence electrons. The van der Waals surface area contributed by atoms with Crippen molar-refractivity contribution in [3.8, 4) is 0 Å². The van der Waals surface area contributed by atoms with Crippen LogP contribution in [-0.4, -0.2) is 29.3 Å². The zero-order chi connectivity index (χ0) is 26.4. The van der Waals surface area contributed by atoms with Crippen LogP contribution in [0.25, 0.3) is 0 Å². The fourth-order valence-corrected chi connectivity index (χ4v) is 5.30. The van der Waals surface area contributed by atoms with E-state index in [0.717, 1.165) is 30.6 Å². The summed E-state index contributed by atoms with van der Waals surface area (Å²) in [5.74, 6) is -2.43. The van der Waals surface area contributed by atoms with Gasteiger partial charge in [0.05, 0.1) is 23.1 Å². The van der Waals surface area contributed by atoms with Crippen molar-refractivity contribution in [1.29, 1.82) is 0 Å². The minimum Gasteiger partial charge on any atom is -0.353 e. The maximum atomic E-state index is 13.6. The van der Waals surface area contributed by atoms with Crippen LogP contribution in [-0.2, 0) is 17.1 Å². The van der Waals surface area contributed by atoms with E-state index in [4.69, 9.17) is 11.6 Å². The van der Waals surface area contributed by atoms with Crippen molar-refractivity contribution >= 4 is 23.4 Å². The Kier molecular flexibility index (Phi) is 7.02. The Morgan fingerprint density at radius 3 is 2.11 bits per heavy atom. The first kappa shape index (κ1) is 26.3. The van der Waals surface area contributed by atoms with Crippen molar-refractivity contribution in [3.05, 3.63) is 69.2 Å². The molecule has 0 aromatic heterocycles. The second kappa shape index (κ2) is 9.61. The summed E-state index contributed by atoms with van der Waals surface area (Å²) in [5.41, 5.74) is -3.13. The smallest absolute Gasteiger partial charge is 0.353 e. The van der Waals surface area contributed by atoms with Crippen LogP contribution < -0.4 is 5.32 Å². The molecule has 11 heteroatoms. The van der Waals surface area contributed by atoms with Crippen molar-refractivity contribution < 1.29 is 35.9 Å². The van der Waals surface area contributed by atoms with Gasteiger partial charge in [-0.25, -0.2) is 0 Å². The van der Waals surface area contributed by atoms with Gasteiger partial charge < -0.3 is 10.2 Å². The number of hydrogen-bond donors (Lipinski definition) is 1. The number of rotatable bonds is 4. The van der Waals surface area contributed by atoms with Crippen LogP contribution >= 0.6 is 11.6 Å². The Morgan fingerprint density at radius 2 is 1.58 bits per heavy atom. The summed E-state index contributed by atoms with van der Waals surface area (Å²) in [6, 6.07) is 3.91. The van der Waals surface area contributed by atoms with E-state index < -0.39 is 52.8 Å². The van der Waals surface area contributed by atoms with Gasteiger partial charge in [0.2, 0.25) is 5.91 Å². The molecule has 1 N–H and O–H groups in total. The van der Waals surface area contributed by atoms with Gasteiger partial charge in [0.25, 0.3) is 5.91 Å². The molecular weight excluding hydrogens is 510 g/mol. The molecule has 2 aromatic carbocycles. The molecule has 36 heavy (non-hydrogen) atoms. The van der Waals surface area contributed by atoms with Crippen LogP contribution in [0.2, 0.25) is 5.02 Å². The van der Waals surface area contributed by atoms with E-state index in [-0.39, 0.29) is 34.8 Å². The average molecular weight is 533 g/mol. The van der Waals surface area contributed by atoms with Crippen molar-refractivity contribution in [2.45, 2.75) is 63.0 Å². The molecule has 2 aliphatic rings. The highest BCUT2D eigenvalue weighted by molar-refractivity contribution is 6.31. The third kappa shape index (κ3) is 5.05. The van der Waals surface area contributed by atoms with Crippen molar-refractivity contribution in [2.75, 3.05) is 6.54 Å². The Hall–Kier alpha value is -2.75. The van der Waals surface area contributed by atoms with Gasteiger partial charge >= 0.3 is 12.4 Å². The van der Waals surface area contributed by atoms with Crippen LogP contribution in [0.4, 0.5) is 26.3 Å². The van der Waals surface area contributed by atoms with Gasteiger partial charge in [-0.15, -0.1) is 0 Å². The largest absolute Gasteiger partial charge is 0.416 e. The lowest BCUT2D eigenvalue weighted by molar-refractivity contribution is -0.143. The SMILES string of the molecule is CCN1C(=O)c2cc(Cl)ccc2C(C(=O)NC2CCCC2)C1c1cc(C(F)(F)F)cc(C(F)(F)F)c1. The number of fused-ring (bicyclic) bond motifs is 1. The topological polar surface area (TPSA) is 49.4 Å².